The van der Waals surface area contributed by atoms with E-state index < -0.39 is 0 Å². The Morgan fingerprint density at radius 3 is 2.20 bits per heavy atom. The molecule has 6 nitrogen and oxygen atoms in total. The molecular formula is C42H37IrN5O-2. The normalized spacial score (nSPS) is 11.3. The molecule has 0 atom stereocenters. The molecular weight excluding hydrogens is 783 g/mol. The van der Waals surface area contributed by atoms with Gasteiger partial charge in [-0.25, -0.2) is 0 Å². The van der Waals surface area contributed by atoms with E-state index in [4.69, 9.17) is 9.40 Å². The average molecular weight is 820 g/mol. The summed E-state index contributed by atoms with van der Waals surface area (Å²) in [6.45, 7) is 13.0. The standard InChI is InChI=1S/C29H25N4O.C13H12N.Ir/c1-17(2)19-10-7-11-20(18(3)4)26(19)33-28(31-24-15-16-30-32-29(24)33)23-13-8-12-22-21-9-5-6-14-25(21)34-27(22)23;1-10-3-6-12(7-4-10)13-8-5-11(2)9-14-13;/h5-12,14-18H,1-4H3;3-6,8-9H,1-2H3;/q2*-1;. The smallest absolute Gasteiger partial charge is 0.178 e. The number of rotatable bonds is 5. The molecule has 0 saturated carbocycles. The maximum atomic E-state index is 6.36. The number of aromatic nitrogens is 5. The van der Waals surface area contributed by atoms with Crippen LogP contribution in [0.4, 0.5) is 0 Å². The van der Waals surface area contributed by atoms with Crippen LogP contribution >= 0.6 is 0 Å². The molecule has 0 amide bonds. The van der Waals surface area contributed by atoms with Gasteiger partial charge in [-0.15, -0.1) is 58.7 Å². The van der Waals surface area contributed by atoms with Crippen LogP contribution in [0.5, 0.6) is 0 Å². The van der Waals surface area contributed by atoms with Crippen molar-refractivity contribution in [3.05, 3.63) is 138 Å². The molecule has 8 aromatic rings. The number of imidazole rings is 1. The monoisotopic (exact) mass is 820 g/mol. The minimum atomic E-state index is 0. The number of para-hydroxylation sites is 2. The molecule has 0 unspecified atom stereocenters. The molecule has 8 rings (SSSR count). The molecule has 1 radical (unpaired) electrons. The van der Waals surface area contributed by atoms with Crippen LogP contribution in [0.25, 0.3) is 61.4 Å². The second kappa shape index (κ2) is 14.3. The first-order chi connectivity index (χ1) is 23.3. The molecule has 0 spiro atoms. The fourth-order valence-corrected chi connectivity index (χ4v) is 6.12. The van der Waals surface area contributed by atoms with E-state index in [0.29, 0.717) is 11.8 Å². The number of aryl methyl sites for hydroxylation is 2. The van der Waals surface area contributed by atoms with Crippen LogP contribution in [0.2, 0.25) is 0 Å². The Bertz CT molecular complexity index is 2300. The second-order valence-electron chi connectivity index (χ2n) is 12.8. The topological polar surface area (TPSA) is 69.6 Å². The third-order valence-electron chi connectivity index (χ3n) is 8.61. The van der Waals surface area contributed by atoms with E-state index in [1.165, 1.54) is 22.3 Å². The van der Waals surface area contributed by atoms with E-state index in [1.807, 2.05) is 61.7 Å². The fourth-order valence-electron chi connectivity index (χ4n) is 6.12. The minimum Gasteiger partial charge on any atom is -0.501 e. The van der Waals surface area contributed by atoms with E-state index in [9.17, 15) is 0 Å². The molecule has 4 heterocycles. The summed E-state index contributed by atoms with van der Waals surface area (Å²) in [5.74, 6) is 1.40. The molecule has 0 saturated heterocycles. The minimum absolute atomic E-state index is 0. The van der Waals surface area contributed by atoms with Crippen molar-refractivity contribution in [2.75, 3.05) is 0 Å². The van der Waals surface area contributed by atoms with Gasteiger partial charge in [0.2, 0.25) is 0 Å². The van der Waals surface area contributed by atoms with Crippen molar-refractivity contribution in [3.8, 4) is 28.3 Å². The van der Waals surface area contributed by atoms with E-state index in [0.717, 1.165) is 61.4 Å². The van der Waals surface area contributed by atoms with Gasteiger partial charge in [-0.05, 0) is 53.3 Å². The van der Waals surface area contributed by atoms with E-state index in [1.54, 1.807) is 6.20 Å². The maximum Gasteiger partial charge on any atom is 0.178 e. The van der Waals surface area contributed by atoms with E-state index in [-0.39, 0.29) is 20.1 Å². The summed E-state index contributed by atoms with van der Waals surface area (Å²) in [7, 11) is 0. The van der Waals surface area contributed by atoms with E-state index in [2.05, 4.69) is 109 Å². The molecule has 247 valence electrons. The molecule has 0 aliphatic carbocycles. The predicted molar refractivity (Wildman–Crippen MR) is 194 cm³/mol. The summed E-state index contributed by atoms with van der Waals surface area (Å²) in [6.07, 6.45) is 3.57. The Kier molecular flexibility index (Phi) is 9.86. The maximum absolute atomic E-state index is 6.36. The zero-order valence-electron chi connectivity index (χ0n) is 28.4. The first kappa shape index (κ1) is 33.9. The van der Waals surface area contributed by atoms with Crippen LogP contribution < -0.4 is 0 Å². The third kappa shape index (κ3) is 6.57. The Morgan fingerprint density at radius 2 is 1.51 bits per heavy atom. The van der Waals surface area contributed by atoms with Gasteiger partial charge in [-0.3, -0.25) is 4.98 Å². The molecule has 4 aromatic carbocycles. The average Bonchev–Trinajstić information content (AvgIpc) is 3.68. The first-order valence-corrected chi connectivity index (χ1v) is 16.4. The SMILES string of the molecule is CC(C)c1cccc(C(C)C)c1-n1c(-c2[c-]ccc3c2oc2ccccc23)nc2ccnnc21.Cc1c[c-]c(-c2ccc(C)cn2)cc1.[Ir]. The largest absolute Gasteiger partial charge is 0.501 e. The zero-order valence-corrected chi connectivity index (χ0v) is 30.8. The molecule has 4 aromatic heterocycles. The van der Waals surface area contributed by atoms with Crippen molar-refractivity contribution in [3.63, 3.8) is 0 Å². The summed E-state index contributed by atoms with van der Waals surface area (Å²) in [5, 5.41) is 10.9. The number of benzene rings is 4. The van der Waals surface area contributed by atoms with Gasteiger partial charge in [-0.1, -0.05) is 94.1 Å². The summed E-state index contributed by atoms with van der Waals surface area (Å²) in [6, 6.07) is 37.4. The number of fused-ring (bicyclic) bond motifs is 4. The molecule has 0 fully saturated rings. The molecule has 0 bridgehead atoms. The van der Waals surface area contributed by atoms with Crippen molar-refractivity contribution < 1.29 is 24.5 Å². The Morgan fingerprint density at radius 1 is 0.755 bits per heavy atom. The van der Waals surface area contributed by atoms with Gasteiger partial charge in [0, 0.05) is 37.4 Å². The Labute approximate surface area is 300 Å². The summed E-state index contributed by atoms with van der Waals surface area (Å²) >= 11 is 0. The van der Waals surface area contributed by atoms with E-state index >= 15 is 0 Å². The van der Waals surface area contributed by atoms with Gasteiger partial charge < -0.3 is 14.0 Å². The fraction of sp³-hybridized carbons (Fsp3) is 0.190. The van der Waals surface area contributed by atoms with Gasteiger partial charge in [0.05, 0.1) is 17.6 Å². The molecule has 49 heavy (non-hydrogen) atoms. The Hall–Kier alpha value is -4.97. The van der Waals surface area contributed by atoms with Crippen LogP contribution in [-0.4, -0.2) is 24.7 Å². The molecule has 7 heteroatoms. The molecule has 0 N–H and O–H groups in total. The Balaban J connectivity index is 0.000000234. The van der Waals surface area contributed by atoms with Crippen molar-refractivity contribution >= 4 is 33.1 Å². The van der Waals surface area contributed by atoms with Gasteiger partial charge in [0.1, 0.15) is 11.1 Å². The van der Waals surface area contributed by atoms with Crippen LogP contribution in [0, 0.1) is 26.0 Å². The number of hydrogen-bond acceptors (Lipinski definition) is 5. The van der Waals surface area contributed by atoms with Gasteiger partial charge in [0.15, 0.2) is 5.65 Å². The van der Waals surface area contributed by atoms with Crippen LogP contribution in [0.15, 0.2) is 108 Å². The van der Waals surface area contributed by atoms with Crippen molar-refractivity contribution in [1.29, 1.82) is 0 Å². The van der Waals surface area contributed by atoms with Gasteiger partial charge >= 0.3 is 0 Å². The molecule has 0 aliphatic rings. The number of nitrogens with zero attached hydrogens (tertiary/aromatic N) is 5. The van der Waals surface area contributed by atoms with Crippen LogP contribution in [0.3, 0.4) is 0 Å². The van der Waals surface area contributed by atoms with Gasteiger partial charge in [0.25, 0.3) is 0 Å². The number of hydrogen-bond donors (Lipinski definition) is 0. The third-order valence-corrected chi connectivity index (χ3v) is 8.61. The summed E-state index contributed by atoms with van der Waals surface area (Å²) in [5.41, 5.74) is 12.0. The first-order valence-electron chi connectivity index (χ1n) is 16.4. The zero-order chi connectivity index (χ0) is 33.4. The van der Waals surface area contributed by atoms with Gasteiger partial charge in [-0.2, -0.15) is 5.10 Å². The molecule has 0 aliphatic heterocycles. The predicted octanol–water partition coefficient (Wildman–Crippen LogP) is 10.6. The number of furan rings is 1. The quantitative estimate of drug-likeness (QED) is 0.162. The van der Waals surface area contributed by atoms with Crippen molar-refractivity contribution in [2.24, 2.45) is 0 Å². The number of pyridine rings is 1. The second-order valence-corrected chi connectivity index (χ2v) is 12.8. The van der Waals surface area contributed by atoms with Crippen LogP contribution in [0.1, 0.15) is 61.8 Å². The van der Waals surface area contributed by atoms with Crippen LogP contribution in [-0.2, 0) is 20.1 Å². The van der Waals surface area contributed by atoms with Crippen molar-refractivity contribution in [2.45, 2.75) is 53.4 Å². The summed E-state index contributed by atoms with van der Waals surface area (Å²) in [4.78, 5) is 9.40. The van der Waals surface area contributed by atoms with Crippen molar-refractivity contribution in [1.82, 2.24) is 24.7 Å². The summed E-state index contributed by atoms with van der Waals surface area (Å²) < 4.78 is 8.52.